The van der Waals surface area contributed by atoms with Crippen LogP contribution in [-0.4, -0.2) is 20.7 Å². The number of aryl methyl sites for hydroxylation is 1. The number of hydrogen-bond donors (Lipinski definition) is 1. The minimum atomic E-state index is -0.0354. The molecule has 0 amide bonds. The number of pyridine rings is 1. The monoisotopic (exact) mass is 372 g/mol. The molecule has 28 heavy (non-hydrogen) atoms. The van der Waals surface area contributed by atoms with E-state index in [1.54, 1.807) is 4.57 Å². The van der Waals surface area contributed by atoms with Crippen molar-refractivity contribution in [2.24, 2.45) is 0 Å². The van der Waals surface area contributed by atoms with Crippen LogP contribution in [0.25, 0.3) is 16.7 Å². The van der Waals surface area contributed by atoms with Crippen molar-refractivity contribution in [2.45, 2.75) is 20.1 Å². The molecule has 0 unspecified atom stereocenters. The van der Waals surface area contributed by atoms with Gasteiger partial charge in [0.25, 0.3) is 0 Å². The maximum Gasteiger partial charge on any atom is 0.333 e. The largest absolute Gasteiger partial charge is 0.473 e. The number of anilines is 1. The zero-order chi connectivity index (χ0) is 19.1. The number of nitrogens with zero attached hydrogens (tertiary/aromatic N) is 3. The van der Waals surface area contributed by atoms with Gasteiger partial charge in [-0.15, -0.1) is 0 Å². The summed E-state index contributed by atoms with van der Waals surface area (Å²) in [7, 11) is 0. The molecule has 140 valence electrons. The van der Waals surface area contributed by atoms with E-state index in [-0.39, 0.29) is 5.69 Å². The molecule has 0 bridgehead atoms. The predicted molar refractivity (Wildman–Crippen MR) is 109 cm³/mol. The Morgan fingerprint density at radius 3 is 2.75 bits per heavy atom. The van der Waals surface area contributed by atoms with Gasteiger partial charge in [0, 0.05) is 19.2 Å². The predicted octanol–water partition coefficient (Wildman–Crippen LogP) is 3.50. The van der Waals surface area contributed by atoms with Gasteiger partial charge in [-0.1, -0.05) is 36.4 Å². The maximum absolute atomic E-state index is 13.1. The van der Waals surface area contributed by atoms with Crippen molar-refractivity contribution in [1.82, 2.24) is 14.1 Å². The third kappa shape index (κ3) is 2.65. The summed E-state index contributed by atoms with van der Waals surface area (Å²) in [6, 6.07) is 19.7. The van der Waals surface area contributed by atoms with Crippen LogP contribution < -0.4 is 15.7 Å². The second-order valence-corrected chi connectivity index (χ2v) is 6.90. The Hall–Kier alpha value is -3.54. The third-order valence-corrected chi connectivity index (χ3v) is 5.10. The average molecular weight is 372 g/mol. The van der Waals surface area contributed by atoms with Gasteiger partial charge in [0.15, 0.2) is 0 Å². The highest BCUT2D eigenvalue weighted by atomic mass is 16.5. The van der Waals surface area contributed by atoms with Gasteiger partial charge in [0.1, 0.15) is 6.61 Å². The summed E-state index contributed by atoms with van der Waals surface area (Å²) in [5.41, 5.74) is 5.41. The highest BCUT2D eigenvalue weighted by Gasteiger charge is 2.21. The Morgan fingerprint density at radius 1 is 1.07 bits per heavy atom. The van der Waals surface area contributed by atoms with Crippen LogP contribution in [0.4, 0.5) is 5.69 Å². The summed E-state index contributed by atoms with van der Waals surface area (Å²) in [6.45, 7) is 3.77. The van der Waals surface area contributed by atoms with Crippen molar-refractivity contribution in [3.05, 3.63) is 82.4 Å². The summed E-state index contributed by atoms with van der Waals surface area (Å²) in [6.07, 6.45) is 0. The van der Waals surface area contributed by atoms with Crippen LogP contribution in [-0.2, 0) is 13.2 Å². The number of para-hydroxylation sites is 1. The first-order chi connectivity index (χ1) is 13.7. The summed E-state index contributed by atoms with van der Waals surface area (Å²) < 4.78 is 9.40. The number of hydrogen-bond acceptors (Lipinski definition) is 4. The lowest BCUT2D eigenvalue weighted by molar-refractivity contribution is 0.293. The van der Waals surface area contributed by atoms with Crippen molar-refractivity contribution in [2.75, 3.05) is 11.9 Å². The van der Waals surface area contributed by atoms with Crippen molar-refractivity contribution in [3.63, 3.8) is 0 Å². The van der Waals surface area contributed by atoms with Crippen LogP contribution >= 0.6 is 0 Å². The first-order valence-corrected chi connectivity index (χ1v) is 9.35. The Balaban J connectivity index is 1.53. The number of imidazole rings is 1. The lowest BCUT2D eigenvalue weighted by Crippen LogP contribution is -2.28. The van der Waals surface area contributed by atoms with Crippen LogP contribution in [0.15, 0.2) is 65.5 Å². The third-order valence-electron chi connectivity index (χ3n) is 5.10. The molecule has 2 aromatic carbocycles. The maximum atomic E-state index is 13.1. The van der Waals surface area contributed by atoms with Crippen LogP contribution in [0.1, 0.15) is 11.3 Å². The molecule has 0 fully saturated rings. The molecule has 0 saturated carbocycles. The molecule has 6 nitrogen and oxygen atoms in total. The molecule has 6 heteroatoms. The summed E-state index contributed by atoms with van der Waals surface area (Å²) in [4.78, 5) is 17.7. The Bertz CT molecular complexity index is 1220. The van der Waals surface area contributed by atoms with E-state index in [0.29, 0.717) is 19.0 Å². The molecule has 4 aromatic rings. The van der Waals surface area contributed by atoms with E-state index in [1.165, 1.54) is 0 Å². The molecule has 2 aromatic heterocycles. The fraction of sp³-hybridized carbons (Fsp3) is 0.182. The quantitative estimate of drug-likeness (QED) is 0.596. The lowest BCUT2D eigenvalue weighted by atomic mass is 10.2. The first kappa shape index (κ1) is 16.6. The first-order valence-electron chi connectivity index (χ1n) is 9.35. The highest BCUT2D eigenvalue weighted by molar-refractivity contribution is 5.91. The molecule has 1 aliphatic heterocycles. The second-order valence-electron chi connectivity index (χ2n) is 6.90. The molecule has 0 saturated heterocycles. The fourth-order valence-electron chi connectivity index (χ4n) is 3.78. The summed E-state index contributed by atoms with van der Waals surface area (Å²) >= 11 is 0. The van der Waals surface area contributed by atoms with E-state index in [1.807, 2.05) is 72.2 Å². The Morgan fingerprint density at radius 2 is 1.93 bits per heavy atom. The lowest BCUT2D eigenvalue weighted by Gasteiger charge is -2.15. The molecular weight excluding hydrogens is 352 g/mol. The normalized spacial score (nSPS) is 12.8. The highest BCUT2D eigenvalue weighted by Crippen LogP contribution is 2.28. The molecular formula is C22H20N4O2. The number of ether oxygens (including phenoxy) is 1. The van der Waals surface area contributed by atoms with Crippen LogP contribution in [0.3, 0.4) is 0 Å². The van der Waals surface area contributed by atoms with Crippen molar-refractivity contribution in [3.8, 4) is 11.6 Å². The minimum Gasteiger partial charge on any atom is -0.473 e. The number of rotatable bonds is 4. The number of benzene rings is 2. The minimum absolute atomic E-state index is 0.0354. The molecule has 0 aliphatic carbocycles. The zero-order valence-corrected chi connectivity index (χ0v) is 15.6. The second kappa shape index (κ2) is 6.56. The smallest absolute Gasteiger partial charge is 0.333 e. The van der Waals surface area contributed by atoms with Crippen molar-refractivity contribution in [1.29, 1.82) is 0 Å². The summed E-state index contributed by atoms with van der Waals surface area (Å²) in [5, 5.41) is 3.37. The zero-order valence-electron chi connectivity index (χ0n) is 15.6. The van der Waals surface area contributed by atoms with Crippen molar-refractivity contribution < 1.29 is 4.74 Å². The SMILES string of the molecule is Cc1nc(OCc2ccccc2)ccc1-n1c(=O)n2c3c(cccc31)NCC2. The molecule has 0 atom stereocenters. The number of nitrogens with one attached hydrogen (secondary N) is 1. The topological polar surface area (TPSA) is 61.1 Å². The van der Waals surface area contributed by atoms with Crippen molar-refractivity contribution >= 4 is 16.7 Å². The van der Waals surface area contributed by atoms with Gasteiger partial charge in [-0.25, -0.2) is 9.78 Å². The molecule has 5 rings (SSSR count). The van der Waals surface area contributed by atoms with E-state index in [4.69, 9.17) is 4.74 Å². The molecule has 0 radical (unpaired) electrons. The van der Waals surface area contributed by atoms with Gasteiger partial charge in [-0.3, -0.25) is 9.13 Å². The van der Waals surface area contributed by atoms with Gasteiger partial charge in [-0.05, 0) is 30.7 Å². The fourth-order valence-corrected chi connectivity index (χ4v) is 3.78. The van der Waals surface area contributed by atoms with E-state index < -0.39 is 0 Å². The van der Waals surface area contributed by atoms with E-state index in [9.17, 15) is 4.79 Å². The molecule has 1 N–H and O–H groups in total. The number of aromatic nitrogens is 3. The Kier molecular flexibility index (Phi) is 3.90. The van der Waals surface area contributed by atoms with E-state index in [2.05, 4.69) is 10.3 Å². The molecule has 1 aliphatic rings. The van der Waals surface area contributed by atoms with Gasteiger partial charge in [0.05, 0.1) is 28.1 Å². The van der Waals surface area contributed by atoms with Crippen LogP contribution in [0.2, 0.25) is 0 Å². The van der Waals surface area contributed by atoms with Gasteiger partial charge in [-0.2, -0.15) is 0 Å². The molecule has 0 spiro atoms. The summed E-state index contributed by atoms with van der Waals surface area (Å²) in [5.74, 6) is 0.550. The molecule has 3 heterocycles. The van der Waals surface area contributed by atoms with Crippen LogP contribution in [0.5, 0.6) is 5.88 Å². The van der Waals surface area contributed by atoms with E-state index in [0.717, 1.165) is 40.2 Å². The average Bonchev–Trinajstić information content (AvgIpc) is 3.01. The Labute approximate surface area is 162 Å². The van der Waals surface area contributed by atoms with Gasteiger partial charge in [0.2, 0.25) is 5.88 Å². The van der Waals surface area contributed by atoms with E-state index >= 15 is 0 Å². The standard InChI is InChI=1S/C22H20N4O2/c1-15-18(10-11-20(24-15)28-14-16-6-3-2-4-7-16)26-19-9-5-8-17-21(19)25(22(26)27)13-12-23-17/h2-11,23H,12-14H2,1H3. The van der Waals surface area contributed by atoms with Crippen LogP contribution in [0, 0.1) is 6.92 Å². The van der Waals surface area contributed by atoms with Gasteiger partial charge >= 0.3 is 5.69 Å². The van der Waals surface area contributed by atoms with Gasteiger partial charge < -0.3 is 10.1 Å².